The van der Waals surface area contributed by atoms with Gasteiger partial charge in [-0.1, -0.05) is 0 Å². The molecule has 1 N–H and O–H groups in total. The molecule has 106 valence electrons. The molecule has 1 aromatic rings. The molecule has 2 rings (SSSR count). The van der Waals surface area contributed by atoms with E-state index in [-0.39, 0.29) is 17.7 Å². The number of aromatic nitrogens is 1. The summed E-state index contributed by atoms with van der Waals surface area (Å²) in [5.41, 5.74) is 0. The van der Waals surface area contributed by atoms with Crippen LogP contribution in [0.1, 0.15) is 13.3 Å². The monoisotopic (exact) mass is 270 g/mol. The highest BCUT2D eigenvalue weighted by Gasteiger charge is 2.24. The van der Waals surface area contributed by atoms with Crippen LogP contribution in [0, 0.1) is 11.6 Å². The van der Waals surface area contributed by atoms with Crippen LogP contribution in [0.4, 0.5) is 20.4 Å². The van der Waals surface area contributed by atoms with Gasteiger partial charge in [0.1, 0.15) is 0 Å². The molecule has 0 spiro atoms. The fourth-order valence-electron chi connectivity index (χ4n) is 2.52. The van der Waals surface area contributed by atoms with Gasteiger partial charge in [0.25, 0.3) is 0 Å². The first kappa shape index (κ1) is 14.0. The van der Waals surface area contributed by atoms with Gasteiger partial charge in [-0.15, -0.1) is 0 Å². The normalized spacial score (nSPS) is 21.3. The first-order chi connectivity index (χ1) is 9.02. The molecular weight excluding hydrogens is 250 g/mol. The Hall–Kier alpha value is -1.43. The molecule has 0 aromatic carbocycles. The van der Waals surface area contributed by atoms with Crippen LogP contribution in [-0.2, 0) is 0 Å². The molecule has 2 heterocycles. The van der Waals surface area contributed by atoms with Crippen molar-refractivity contribution in [1.29, 1.82) is 0 Å². The predicted molar refractivity (Wildman–Crippen MR) is 72.6 cm³/mol. The van der Waals surface area contributed by atoms with E-state index < -0.39 is 11.6 Å². The number of pyridine rings is 1. The molecule has 0 aliphatic carbocycles. The van der Waals surface area contributed by atoms with Gasteiger partial charge in [0, 0.05) is 32.2 Å². The quantitative estimate of drug-likeness (QED) is 0.890. The van der Waals surface area contributed by atoms with Gasteiger partial charge in [-0.2, -0.15) is 0 Å². The van der Waals surface area contributed by atoms with Crippen LogP contribution >= 0.6 is 0 Å². The second kappa shape index (κ2) is 5.69. The van der Waals surface area contributed by atoms with E-state index in [4.69, 9.17) is 0 Å². The molecule has 1 aliphatic rings. The van der Waals surface area contributed by atoms with Crippen LogP contribution in [0.2, 0.25) is 0 Å². The van der Waals surface area contributed by atoms with Crippen LogP contribution in [0.25, 0.3) is 0 Å². The lowest BCUT2D eigenvalue weighted by molar-refractivity contribution is 0.336. The maximum absolute atomic E-state index is 14.0. The molecule has 4 nitrogen and oxygen atoms in total. The summed E-state index contributed by atoms with van der Waals surface area (Å²) in [7, 11) is 3.63. The van der Waals surface area contributed by atoms with Gasteiger partial charge in [-0.05, 0) is 26.9 Å². The van der Waals surface area contributed by atoms with E-state index in [1.807, 2.05) is 18.9 Å². The zero-order chi connectivity index (χ0) is 14.0. The highest BCUT2D eigenvalue weighted by Crippen LogP contribution is 2.25. The fourth-order valence-corrected chi connectivity index (χ4v) is 2.52. The molecule has 1 aliphatic heterocycles. The lowest BCUT2D eigenvalue weighted by atomic mass is 10.2. The van der Waals surface area contributed by atoms with Gasteiger partial charge in [-0.25, -0.2) is 13.8 Å². The Kier molecular flexibility index (Phi) is 4.19. The zero-order valence-corrected chi connectivity index (χ0v) is 11.6. The van der Waals surface area contributed by atoms with Gasteiger partial charge in [0.15, 0.2) is 23.3 Å². The van der Waals surface area contributed by atoms with Crippen molar-refractivity contribution >= 4 is 11.6 Å². The third-order valence-corrected chi connectivity index (χ3v) is 3.47. The maximum Gasteiger partial charge on any atom is 0.168 e. The second-order valence-corrected chi connectivity index (χ2v) is 5.03. The van der Waals surface area contributed by atoms with E-state index in [1.165, 1.54) is 0 Å². The van der Waals surface area contributed by atoms with Crippen LogP contribution < -0.4 is 10.2 Å². The van der Waals surface area contributed by atoms with E-state index in [1.54, 1.807) is 7.05 Å². The molecule has 1 aromatic heterocycles. The van der Waals surface area contributed by atoms with E-state index in [0.717, 1.165) is 32.1 Å². The van der Waals surface area contributed by atoms with Gasteiger partial charge < -0.3 is 15.1 Å². The first-order valence-electron chi connectivity index (χ1n) is 6.52. The van der Waals surface area contributed by atoms with Crippen LogP contribution in [0.5, 0.6) is 0 Å². The Bertz CT molecular complexity index is 453. The van der Waals surface area contributed by atoms with E-state index in [0.29, 0.717) is 0 Å². The average Bonchev–Trinajstić information content (AvgIpc) is 2.51. The number of rotatable bonds is 2. The molecule has 1 unspecified atom stereocenters. The number of hydrogen-bond acceptors (Lipinski definition) is 4. The maximum atomic E-state index is 14.0. The van der Waals surface area contributed by atoms with Gasteiger partial charge in [0.2, 0.25) is 0 Å². The summed E-state index contributed by atoms with van der Waals surface area (Å²) < 4.78 is 27.4. The lowest BCUT2D eigenvalue weighted by Gasteiger charge is -2.29. The number of likely N-dealkylation sites (N-methyl/N-ethyl adjacent to an activating group) is 1. The molecule has 0 saturated carbocycles. The Morgan fingerprint density at radius 1 is 1.32 bits per heavy atom. The van der Waals surface area contributed by atoms with Crippen molar-refractivity contribution in [3.8, 4) is 0 Å². The van der Waals surface area contributed by atoms with Crippen molar-refractivity contribution in [3.05, 3.63) is 17.7 Å². The summed E-state index contributed by atoms with van der Waals surface area (Å²) >= 11 is 0. The Morgan fingerprint density at radius 2 is 2.05 bits per heavy atom. The Morgan fingerprint density at radius 3 is 2.74 bits per heavy atom. The summed E-state index contributed by atoms with van der Waals surface area (Å²) in [6, 6.07) is 1.04. The van der Waals surface area contributed by atoms with Crippen LogP contribution in [0.15, 0.2) is 6.07 Å². The van der Waals surface area contributed by atoms with Crippen molar-refractivity contribution in [2.75, 3.05) is 43.9 Å². The summed E-state index contributed by atoms with van der Waals surface area (Å²) in [6.07, 6.45) is 0.939. The molecular formula is C13H20F2N4. The van der Waals surface area contributed by atoms with Crippen molar-refractivity contribution in [3.63, 3.8) is 0 Å². The van der Waals surface area contributed by atoms with Crippen molar-refractivity contribution in [2.45, 2.75) is 19.4 Å². The van der Waals surface area contributed by atoms with Gasteiger partial charge >= 0.3 is 0 Å². The minimum Gasteiger partial charge on any atom is -0.371 e. The molecule has 6 heteroatoms. The lowest BCUT2D eigenvalue weighted by Crippen LogP contribution is -2.39. The highest BCUT2D eigenvalue weighted by atomic mass is 19.1. The first-order valence-corrected chi connectivity index (χ1v) is 6.52. The summed E-state index contributed by atoms with van der Waals surface area (Å²) in [6.45, 7) is 4.57. The molecule has 0 radical (unpaired) electrons. The molecule has 1 fully saturated rings. The van der Waals surface area contributed by atoms with E-state index >= 15 is 0 Å². The zero-order valence-electron chi connectivity index (χ0n) is 11.6. The fraction of sp³-hybridized carbons (Fsp3) is 0.615. The molecule has 0 amide bonds. The number of nitrogens with one attached hydrogen (secondary N) is 1. The van der Waals surface area contributed by atoms with Crippen molar-refractivity contribution < 1.29 is 8.78 Å². The molecule has 19 heavy (non-hydrogen) atoms. The summed E-state index contributed by atoms with van der Waals surface area (Å²) in [4.78, 5) is 8.21. The standard InChI is InChI=1S/C13H20F2N4/c1-9-8-18(3)5-4-6-19(9)13-11(15)7-10(14)12(16-2)17-13/h7,9H,4-6,8H2,1-3H3,(H,16,17). The van der Waals surface area contributed by atoms with E-state index in [9.17, 15) is 8.78 Å². The topological polar surface area (TPSA) is 31.4 Å². The third kappa shape index (κ3) is 2.94. The largest absolute Gasteiger partial charge is 0.371 e. The summed E-state index contributed by atoms with van der Waals surface area (Å²) in [5.74, 6) is -0.953. The molecule has 1 saturated heterocycles. The van der Waals surface area contributed by atoms with Crippen molar-refractivity contribution in [1.82, 2.24) is 9.88 Å². The minimum absolute atomic E-state index is 0.0844. The van der Waals surface area contributed by atoms with E-state index in [2.05, 4.69) is 15.2 Å². The third-order valence-electron chi connectivity index (χ3n) is 3.47. The highest BCUT2D eigenvalue weighted by molar-refractivity contribution is 5.49. The van der Waals surface area contributed by atoms with Crippen molar-refractivity contribution in [2.24, 2.45) is 0 Å². The van der Waals surface area contributed by atoms with Crippen LogP contribution in [0.3, 0.4) is 0 Å². The van der Waals surface area contributed by atoms with Gasteiger partial charge in [0.05, 0.1) is 0 Å². The second-order valence-electron chi connectivity index (χ2n) is 5.03. The van der Waals surface area contributed by atoms with Gasteiger partial charge in [-0.3, -0.25) is 0 Å². The Labute approximate surface area is 112 Å². The smallest absolute Gasteiger partial charge is 0.168 e. The number of anilines is 2. The number of nitrogens with zero attached hydrogens (tertiary/aromatic N) is 3. The number of hydrogen-bond donors (Lipinski definition) is 1. The van der Waals surface area contributed by atoms with Crippen LogP contribution in [-0.4, -0.2) is 49.7 Å². The average molecular weight is 270 g/mol. The minimum atomic E-state index is -0.664. The number of halogens is 2. The molecule has 1 atom stereocenters. The predicted octanol–water partition coefficient (Wildman–Crippen LogP) is 1.93. The molecule has 0 bridgehead atoms. The summed E-state index contributed by atoms with van der Waals surface area (Å²) in [5, 5.41) is 2.65. The SMILES string of the molecule is CNc1nc(N2CCCN(C)CC2C)c(F)cc1F. The Balaban J connectivity index is 2.34.